The minimum absolute atomic E-state index is 1.15. The van der Waals surface area contributed by atoms with E-state index in [0.29, 0.717) is 0 Å². The molecule has 0 unspecified atom stereocenters. The molecule has 0 amide bonds. The van der Waals surface area contributed by atoms with Crippen LogP contribution in [0.4, 0.5) is 0 Å². The van der Waals surface area contributed by atoms with E-state index in [1.54, 1.807) is 0 Å². The highest BCUT2D eigenvalue weighted by atomic mass is 14.7. The number of benzene rings is 8. The highest BCUT2D eigenvalue weighted by Crippen LogP contribution is 2.48. The fourth-order valence-electron chi connectivity index (χ4n) is 7.06. The molecule has 0 radical (unpaired) electrons. The Morgan fingerprint density at radius 3 is 1.72 bits per heavy atom. The molecule has 0 bridgehead atoms. The number of rotatable bonds is 3. The standard InChI is InChI=1S/C42H27N/c1-3-14-28(15-4-1)38-40-39-34-21-11-9-19-32(34)36(31-24-23-27-13-7-8-18-30(27)25-31)26-37(39)33-20-10-12-22-35(33)42(40)43-41(38)29-16-5-2-6-17-29/h1-26,43H. The lowest BCUT2D eigenvalue weighted by Crippen LogP contribution is -1.89. The van der Waals surface area contributed by atoms with E-state index >= 15 is 0 Å². The van der Waals surface area contributed by atoms with E-state index in [1.165, 1.54) is 81.8 Å². The van der Waals surface area contributed by atoms with Gasteiger partial charge < -0.3 is 4.98 Å². The second-order valence-corrected chi connectivity index (χ2v) is 11.4. The van der Waals surface area contributed by atoms with Crippen molar-refractivity contribution >= 4 is 54.0 Å². The van der Waals surface area contributed by atoms with Gasteiger partial charge in [0.25, 0.3) is 0 Å². The molecular formula is C42H27N. The summed E-state index contributed by atoms with van der Waals surface area (Å²) in [6.07, 6.45) is 0. The van der Waals surface area contributed by atoms with Gasteiger partial charge in [-0.1, -0.05) is 146 Å². The third-order valence-corrected chi connectivity index (χ3v) is 8.97. The molecule has 9 rings (SSSR count). The molecule has 0 saturated heterocycles. The van der Waals surface area contributed by atoms with Crippen LogP contribution >= 0.6 is 0 Å². The molecule has 0 saturated carbocycles. The molecule has 1 heteroatoms. The molecule has 0 aliphatic rings. The summed E-state index contributed by atoms with van der Waals surface area (Å²) in [4.78, 5) is 3.95. The molecule has 0 aliphatic heterocycles. The lowest BCUT2D eigenvalue weighted by atomic mass is 9.86. The zero-order valence-electron chi connectivity index (χ0n) is 23.5. The SMILES string of the molecule is c1ccc(-c2[nH]c3c4ccccc4c4cc(-c5ccc6ccccc6c5)c5ccccc5c4c3c2-c2ccccc2)cc1. The van der Waals surface area contributed by atoms with Crippen molar-refractivity contribution in [2.24, 2.45) is 0 Å². The number of fused-ring (bicyclic) bond motifs is 9. The molecule has 1 aromatic heterocycles. The van der Waals surface area contributed by atoms with Crippen molar-refractivity contribution in [2.45, 2.75) is 0 Å². The van der Waals surface area contributed by atoms with Crippen LogP contribution in [0.2, 0.25) is 0 Å². The van der Waals surface area contributed by atoms with Gasteiger partial charge in [0.1, 0.15) is 0 Å². The number of hydrogen-bond donors (Lipinski definition) is 1. The topological polar surface area (TPSA) is 15.8 Å². The Kier molecular flexibility index (Phi) is 5.27. The Labute approximate surface area is 249 Å². The van der Waals surface area contributed by atoms with E-state index in [2.05, 4.69) is 163 Å². The van der Waals surface area contributed by atoms with E-state index in [1.807, 2.05) is 0 Å². The van der Waals surface area contributed by atoms with E-state index in [-0.39, 0.29) is 0 Å². The quantitative estimate of drug-likeness (QED) is 0.213. The van der Waals surface area contributed by atoms with Crippen molar-refractivity contribution in [3.8, 4) is 33.5 Å². The summed E-state index contributed by atoms with van der Waals surface area (Å²) < 4.78 is 0. The summed E-state index contributed by atoms with van der Waals surface area (Å²) in [5.74, 6) is 0. The molecular weight excluding hydrogens is 518 g/mol. The van der Waals surface area contributed by atoms with Gasteiger partial charge in [-0.15, -0.1) is 0 Å². The molecule has 9 aromatic rings. The summed E-state index contributed by atoms with van der Waals surface area (Å²) in [7, 11) is 0. The minimum atomic E-state index is 1.15. The Hall–Kier alpha value is -5.66. The fourth-order valence-corrected chi connectivity index (χ4v) is 7.06. The number of aromatic nitrogens is 1. The van der Waals surface area contributed by atoms with Crippen LogP contribution in [0.25, 0.3) is 87.5 Å². The first-order chi connectivity index (χ1) is 21.3. The predicted molar refractivity (Wildman–Crippen MR) is 185 cm³/mol. The number of H-pyrrole nitrogens is 1. The average molecular weight is 546 g/mol. The van der Waals surface area contributed by atoms with E-state index in [9.17, 15) is 0 Å². The van der Waals surface area contributed by atoms with Gasteiger partial charge in [0.2, 0.25) is 0 Å². The first-order valence-corrected chi connectivity index (χ1v) is 14.9. The van der Waals surface area contributed by atoms with E-state index in [0.717, 1.165) is 5.69 Å². The maximum absolute atomic E-state index is 3.95. The highest BCUT2D eigenvalue weighted by Gasteiger charge is 2.22. The Bertz CT molecular complexity index is 2480. The third kappa shape index (κ3) is 3.65. The Morgan fingerprint density at radius 1 is 0.349 bits per heavy atom. The molecule has 8 aromatic carbocycles. The van der Waals surface area contributed by atoms with Crippen molar-refractivity contribution < 1.29 is 0 Å². The van der Waals surface area contributed by atoms with Gasteiger partial charge in [0.05, 0.1) is 11.2 Å². The molecule has 0 atom stereocenters. The molecule has 1 heterocycles. The van der Waals surface area contributed by atoms with Gasteiger partial charge in [-0.05, 0) is 66.7 Å². The van der Waals surface area contributed by atoms with Crippen molar-refractivity contribution in [1.29, 1.82) is 0 Å². The summed E-state index contributed by atoms with van der Waals surface area (Å²) in [6, 6.07) is 57.3. The Morgan fingerprint density at radius 2 is 0.953 bits per heavy atom. The van der Waals surface area contributed by atoms with Crippen LogP contribution in [0.1, 0.15) is 0 Å². The summed E-state index contributed by atoms with van der Waals surface area (Å²) in [5, 5.41) is 11.4. The van der Waals surface area contributed by atoms with Crippen LogP contribution in [0, 0.1) is 0 Å². The van der Waals surface area contributed by atoms with Crippen LogP contribution in [-0.4, -0.2) is 4.98 Å². The molecule has 0 fully saturated rings. The van der Waals surface area contributed by atoms with Crippen molar-refractivity contribution in [2.75, 3.05) is 0 Å². The summed E-state index contributed by atoms with van der Waals surface area (Å²) in [5.41, 5.74) is 8.49. The van der Waals surface area contributed by atoms with Gasteiger partial charge in [0, 0.05) is 21.7 Å². The van der Waals surface area contributed by atoms with Crippen molar-refractivity contribution in [3.63, 3.8) is 0 Å². The first kappa shape index (κ1) is 24.0. The molecule has 1 N–H and O–H groups in total. The van der Waals surface area contributed by atoms with Crippen molar-refractivity contribution in [3.05, 3.63) is 158 Å². The maximum atomic E-state index is 3.95. The smallest absolute Gasteiger partial charge is 0.0551 e. The monoisotopic (exact) mass is 545 g/mol. The fraction of sp³-hybridized carbons (Fsp3) is 0. The van der Waals surface area contributed by atoms with Crippen LogP contribution in [-0.2, 0) is 0 Å². The van der Waals surface area contributed by atoms with E-state index in [4.69, 9.17) is 0 Å². The largest absolute Gasteiger partial charge is 0.353 e. The second kappa shape index (κ2) is 9.44. The minimum Gasteiger partial charge on any atom is -0.353 e. The molecule has 43 heavy (non-hydrogen) atoms. The predicted octanol–water partition coefficient (Wildman–Crippen LogP) is 11.8. The highest BCUT2D eigenvalue weighted by molar-refractivity contribution is 6.36. The van der Waals surface area contributed by atoms with Crippen molar-refractivity contribution in [1.82, 2.24) is 4.98 Å². The van der Waals surface area contributed by atoms with Gasteiger partial charge >= 0.3 is 0 Å². The molecule has 1 nitrogen and oxygen atoms in total. The zero-order valence-corrected chi connectivity index (χ0v) is 23.5. The number of aromatic amines is 1. The van der Waals surface area contributed by atoms with Gasteiger partial charge in [-0.3, -0.25) is 0 Å². The van der Waals surface area contributed by atoms with Crippen LogP contribution in [0.3, 0.4) is 0 Å². The molecule has 200 valence electrons. The molecule has 0 spiro atoms. The van der Waals surface area contributed by atoms with Crippen LogP contribution < -0.4 is 0 Å². The third-order valence-electron chi connectivity index (χ3n) is 8.97. The van der Waals surface area contributed by atoms with E-state index < -0.39 is 0 Å². The lowest BCUT2D eigenvalue weighted by Gasteiger charge is -2.16. The lowest BCUT2D eigenvalue weighted by molar-refractivity contribution is 1.46. The zero-order chi connectivity index (χ0) is 28.3. The summed E-state index contributed by atoms with van der Waals surface area (Å²) >= 11 is 0. The van der Waals surface area contributed by atoms with Crippen LogP contribution in [0.5, 0.6) is 0 Å². The second-order valence-electron chi connectivity index (χ2n) is 11.4. The summed E-state index contributed by atoms with van der Waals surface area (Å²) in [6.45, 7) is 0. The van der Waals surface area contributed by atoms with Crippen LogP contribution in [0.15, 0.2) is 158 Å². The van der Waals surface area contributed by atoms with Gasteiger partial charge in [-0.25, -0.2) is 0 Å². The van der Waals surface area contributed by atoms with Gasteiger partial charge in [-0.2, -0.15) is 0 Å². The normalized spacial score (nSPS) is 11.7. The average Bonchev–Trinajstić information content (AvgIpc) is 3.49. The maximum Gasteiger partial charge on any atom is 0.0551 e. The number of hydrogen-bond acceptors (Lipinski definition) is 0. The first-order valence-electron chi connectivity index (χ1n) is 14.9. The van der Waals surface area contributed by atoms with Gasteiger partial charge in [0.15, 0.2) is 0 Å². The Balaban J connectivity index is 1.51. The molecule has 0 aliphatic carbocycles. The number of nitrogens with one attached hydrogen (secondary N) is 1.